The monoisotopic (exact) mass is 592 g/mol. The van der Waals surface area contributed by atoms with E-state index in [2.05, 4.69) is 21.2 Å². The smallest absolute Gasteiger partial charge is 0.235 e. The highest BCUT2D eigenvalue weighted by Crippen LogP contribution is 2.52. The van der Waals surface area contributed by atoms with Gasteiger partial charge in [-0.1, -0.05) is 15.9 Å². The number of halogens is 1. The number of aromatic hydroxyl groups is 1. The second-order valence-corrected chi connectivity index (χ2v) is 11.1. The van der Waals surface area contributed by atoms with Gasteiger partial charge in [0.1, 0.15) is 5.75 Å². The lowest BCUT2D eigenvalue weighted by Crippen LogP contribution is -2.74. The Labute approximate surface area is 226 Å². The Hall–Kier alpha value is -3.16. The number of nitrogens with zero attached hydrogens (tertiary/aromatic N) is 2. The van der Waals surface area contributed by atoms with Crippen molar-refractivity contribution in [2.24, 2.45) is 29.4 Å². The summed E-state index contributed by atoms with van der Waals surface area (Å²) in [6.07, 6.45) is 0.0825. The number of phenolic OH excluding ortho intramolecular Hbond substituents is 1. The van der Waals surface area contributed by atoms with Gasteiger partial charge in [0.25, 0.3) is 0 Å². The molecule has 2 fully saturated rings. The van der Waals surface area contributed by atoms with Crippen LogP contribution < -0.4 is 16.0 Å². The number of ketones is 4. The van der Waals surface area contributed by atoms with E-state index in [1.165, 1.54) is 25.1 Å². The molecule has 4 unspecified atom stereocenters. The molecule has 0 saturated heterocycles. The molecule has 0 aromatic heterocycles. The molecule has 204 valence electrons. The van der Waals surface area contributed by atoms with Crippen LogP contribution >= 0.6 is 15.9 Å². The predicted molar refractivity (Wildman–Crippen MR) is 138 cm³/mol. The van der Waals surface area contributed by atoms with E-state index in [-0.39, 0.29) is 29.4 Å². The summed E-state index contributed by atoms with van der Waals surface area (Å²) in [7, 11) is 6.49. The first-order valence-electron chi connectivity index (χ1n) is 11.9. The van der Waals surface area contributed by atoms with Crippen molar-refractivity contribution in [1.82, 2.24) is 4.90 Å². The van der Waals surface area contributed by atoms with E-state index < -0.39 is 76.0 Å². The number of rotatable bonds is 5. The SMILES string of the molecule is CN(C)c1cc(NC(=O)CBr)c(O)c2c1CC1CC3[C@H](N(C)C)C(=O)C(C(N)=O)C(=O)[C@@]3(O)C(=O)C1C2=O. The van der Waals surface area contributed by atoms with Crippen molar-refractivity contribution < 1.29 is 39.0 Å². The zero-order valence-electron chi connectivity index (χ0n) is 21.3. The molecule has 2 amide bonds. The second kappa shape index (κ2) is 9.54. The van der Waals surface area contributed by atoms with Crippen molar-refractivity contribution >= 4 is 62.3 Å². The average molecular weight is 593 g/mol. The van der Waals surface area contributed by atoms with Crippen molar-refractivity contribution in [1.29, 1.82) is 0 Å². The van der Waals surface area contributed by atoms with Gasteiger partial charge >= 0.3 is 0 Å². The standard InChI is InChI=1S/C25H29BrN4O8/c1-29(2)13-7-12(28-14(31)8-26)19(32)16-10(13)5-9-6-11-18(30(3)4)21(34)17(24(27)37)23(36)25(11,38)22(35)15(9)20(16)33/h7,9,11,15,17-18,32,38H,5-6,8H2,1-4H3,(H2,27,37)(H,28,31)/t9?,11?,15?,17?,18-,25-/m0/s1. The van der Waals surface area contributed by atoms with E-state index in [4.69, 9.17) is 5.73 Å². The molecule has 0 aliphatic heterocycles. The van der Waals surface area contributed by atoms with Crippen LogP contribution in [0.1, 0.15) is 22.3 Å². The van der Waals surface area contributed by atoms with Gasteiger partial charge in [0.2, 0.25) is 11.8 Å². The highest BCUT2D eigenvalue weighted by Gasteiger charge is 2.69. The third kappa shape index (κ3) is 3.86. The third-order valence-corrected chi connectivity index (χ3v) is 8.42. The highest BCUT2D eigenvalue weighted by molar-refractivity contribution is 9.09. The quantitative estimate of drug-likeness (QED) is 0.193. The highest BCUT2D eigenvalue weighted by atomic mass is 79.9. The minimum absolute atomic E-state index is 0.0376. The lowest BCUT2D eigenvalue weighted by Gasteiger charge is -2.52. The zero-order valence-corrected chi connectivity index (χ0v) is 22.9. The van der Waals surface area contributed by atoms with Crippen LogP contribution in [-0.4, -0.2) is 95.2 Å². The number of nitrogens with two attached hydrogens (primary N) is 1. The minimum Gasteiger partial charge on any atom is -0.505 e. The first-order valence-corrected chi connectivity index (χ1v) is 13.1. The number of Topliss-reactive ketones (excluding diaryl/α,β-unsaturated/α-hetero) is 4. The molecule has 1 aromatic carbocycles. The number of primary amides is 1. The molecule has 0 radical (unpaired) electrons. The number of amides is 2. The third-order valence-electron chi connectivity index (χ3n) is 7.92. The molecule has 0 spiro atoms. The fourth-order valence-electron chi connectivity index (χ4n) is 6.33. The van der Waals surface area contributed by atoms with Crippen molar-refractivity contribution in [3.8, 4) is 5.75 Å². The normalized spacial score (nSPS) is 30.4. The molecule has 12 nitrogen and oxygen atoms in total. The number of likely N-dealkylation sites (N-methyl/N-ethyl adjacent to an activating group) is 1. The maximum absolute atomic E-state index is 13.9. The maximum atomic E-state index is 13.9. The molecular formula is C25H29BrN4O8. The van der Waals surface area contributed by atoms with Crippen molar-refractivity contribution in [3.05, 3.63) is 17.2 Å². The fraction of sp³-hybridized carbons (Fsp3) is 0.520. The topological polar surface area (TPSA) is 187 Å². The van der Waals surface area contributed by atoms with Gasteiger partial charge in [-0.15, -0.1) is 0 Å². The second-order valence-electron chi connectivity index (χ2n) is 10.5. The summed E-state index contributed by atoms with van der Waals surface area (Å²) in [5.74, 6) is -11.8. The molecule has 0 heterocycles. The van der Waals surface area contributed by atoms with E-state index >= 15 is 0 Å². The number of carbonyl (C=O) groups is 6. The molecule has 2 saturated carbocycles. The molecule has 3 aliphatic rings. The van der Waals surface area contributed by atoms with Crippen molar-refractivity contribution in [2.75, 3.05) is 43.7 Å². The average Bonchev–Trinajstić information content (AvgIpc) is 2.82. The van der Waals surface area contributed by atoms with Gasteiger partial charge in [0, 0.05) is 25.7 Å². The predicted octanol–water partition coefficient (Wildman–Crippen LogP) is -0.734. The lowest BCUT2D eigenvalue weighted by atomic mass is 9.52. The van der Waals surface area contributed by atoms with Crippen molar-refractivity contribution in [2.45, 2.75) is 24.5 Å². The summed E-state index contributed by atoms with van der Waals surface area (Å²) in [6, 6.07) is 0.358. The Morgan fingerprint density at radius 3 is 2.32 bits per heavy atom. The van der Waals surface area contributed by atoms with Gasteiger partial charge in [0.05, 0.1) is 28.5 Å². The summed E-state index contributed by atoms with van der Waals surface area (Å²) in [5, 5.41) is 25.1. The molecular weight excluding hydrogens is 564 g/mol. The zero-order chi connectivity index (χ0) is 28.4. The first-order chi connectivity index (χ1) is 17.7. The summed E-state index contributed by atoms with van der Waals surface area (Å²) in [4.78, 5) is 81.5. The number of anilines is 2. The van der Waals surface area contributed by atoms with Gasteiger partial charge in [-0.2, -0.15) is 0 Å². The van der Waals surface area contributed by atoms with E-state index in [1.807, 2.05) is 0 Å². The number of aliphatic hydroxyl groups is 1. The number of alkyl halides is 1. The summed E-state index contributed by atoms with van der Waals surface area (Å²) < 4.78 is 0. The van der Waals surface area contributed by atoms with Gasteiger partial charge in [-0.05, 0) is 44.5 Å². The minimum atomic E-state index is -2.79. The number of carbonyl (C=O) groups excluding carboxylic acids is 6. The molecule has 5 N–H and O–H groups in total. The molecule has 3 aliphatic carbocycles. The lowest BCUT2D eigenvalue weighted by molar-refractivity contribution is -0.181. The molecule has 0 bridgehead atoms. The van der Waals surface area contributed by atoms with Crippen LogP contribution in [0.25, 0.3) is 0 Å². The van der Waals surface area contributed by atoms with Crippen LogP contribution in [0.15, 0.2) is 6.07 Å². The van der Waals surface area contributed by atoms with Gasteiger partial charge in [0.15, 0.2) is 34.7 Å². The maximum Gasteiger partial charge on any atom is 0.235 e. The number of hydrogen-bond acceptors (Lipinski definition) is 10. The Morgan fingerprint density at radius 1 is 1.16 bits per heavy atom. The van der Waals surface area contributed by atoms with Crippen LogP contribution in [-0.2, 0) is 30.4 Å². The van der Waals surface area contributed by atoms with Crippen molar-refractivity contribution in [3.63, 3.8) is 0 Å². The van der Waals surface area contributed by atoms with Gasteiger partial charge in [-0.25, -0.2) is 0 Å². The van der Waals surface area contributed by atoms with Crippen LogP contribution in [0.4, 0.5) is 11.4 Å². The number of nitrogens with one attached hydrogen (secondary N) is 1. The van der Waals surface area contributed by atoms with Crippen LogP contribution in [0.3, 0.4) is 0 Å². The molecule has 13 heteroatoms. The first kappa shape index (κ1) is 27.9. The van der Waals surface area contributed by atoms with Crippen LogP contribution in [0.5, 0.6) is 5.75 Å². The van der Waals surface area contributed by atoms with Gasteiger partial charge < -0.3 is 26.2 Å². The Kier molecular flexibility index (Phi) is 7.00. The number of hydrogen-bond donors (Lipinski definition) is 4. The van der Waals surface area contributed by atoms with Gasteiger partial charge in [-0.3, -0.25) is 33.7 Å². The van der Waals surface area contributed by atoms with E-state index in [9.17, 15) is 39.0 Å². The van der Waals surface area contributed by atoms with Crippen LogP contribution in [0.2, 0.25) is 0 Å². The summed E-state index contributed by atoms with van der Waals surface area (Å²) in [5.41, 5.74) is 3.28. The molecule has 4 rings (SSSR count). The number of fused-ring (bicyclic) bond motifs is 3. The Morgan fingerprint density at radius 2 is 1.79 bits per heavy atom. The number of phenols is 1. The van der Waals surface area contributed by atoms with E-state index in [0.29, 0.717) is 11.3 Å². The van der Waals surface area contributed by atoms with E-state index in [1.54, 1.807) is 19.0 Å². The molecule has 1 aromatic rings. The fourth-order valence-corrected chi connectivity index (χ4v) is 6.47. The summed E-state index contributed by atoms with van der Waals surface area (Å²) in [6.45, 7) is 0. The Bertz CT molecular complexity index is 1290. The molecule has 38 heavy (non-hydrogen) atoms. The largest absolute Gasteiger partial charge is 0.505 e. The van der Waals surface area contributed by atoms with Crippen LogP contribution in [0, 0.1) is 23.7 Å². The Balaban J connectivity index is 1.89. The van der Waals surface area contributed by atoms with E-state index in [0.717, 1.165) is 0 Å². The number of benzene rings is 1. The molecule has 6 atom stereocenters. The summed E-state index contributed by atoms with van der Waals surface area (Å²) >= 11 is 3.03.